The van der Waals surface area contributed by atoms with Gasteiger partial charge in [-0.15, -0.1) is 0 Å². The van der Waals surface area contributed by atoms with E-state index < -0.39 is 29.2 Å². The van der Waals surface area contributed by atoms with Gasteiger partial charge in [-0.05, 0) is 25.1 Å². The summed E-state index contributed by atoms with van der Waals surface area (Å²) in [5.41, 5.74) is -1.21. The fourth-order valence-corrected chi connectivity index (χ4v) is 4.26. The Morgan fingerprint density at radius 1 is 1.15 bits per heavy atom. The van der Waals surface area contributed by atoms with E-state index in [1.165, 1.54) is 35.7 Å². The Labute approximate surface area is 192 Å². The molecule has 0 fully saturated rings. The van der Waals surface area contributed by atoms with Crippen LogP contribution in [0.3, 0.4) is 0 Å². The van der Waals surface area contributed by atoms with E-state index in [-0.39, 0.29) is 12.1 Å². The molecular weight excluding hydrogens is 449 g/mol. The highest BCUT2D eigenvalue weighted by Gasteiger charge is 2.43. The van der Waals surface area contributed by atoms with Crippen LogP contribution >= 0.6 is 0 Å². The topological polar surface area (TPSA) is 97.8 Å². The highest BCUT2D eigenvalue weighted by molar-refractivity contribution is 5.52. The third-order valence-corrected chi connectivity index (χ3v) is 6.18. The number of fused-ring (bicyclic) bond motifs is 1. The van der Waals surface area contributed by atoms with Crippen LogP contribution < -0.4 is 0 Å². The van der Waals surface area contributed by atoms with E-state index in [1.807, 2.05) is 4.90 Å². The Morgan fingerprint density at radius 3 is 2.71 bits per heavy atom. The lowest BCUT2D eigenvalue weighted by Gasteiger charge is -2.42. The second-order valence-electron chi connectivity index (χ2n) is 8.23. The molecule has 1 aliphatic heterocycles. The van der Waals surface area contributed by atoms with Crippen molar-refractivity contribution >= 4 is 0 Å². The number of pyridine rings is 1. The number of hydrogen-bond acceptors (Lipinski definition) is 7. The summed E-state index contributed by atoms with van der Waals surface area (Å²) in [5, 5.41) is 20.4. The summed E-state index contributed by atoms with van der Waals surface area (Å²) < 4.78 is 44.8. The third-order valence-electron chi connectivity index (χ3n) is 6.18. The van der Waals surface area contributed by atoms with Crippen molar-refractivity contribution in [3.05, 3.63) is 78.2 Å². The van der Waals surface area contributed by atoms with Gasteiger partial charge in [0.05, 0.1) is 19.6 Å². The molecule has 1 unspecified atom stereocenters. The molecule has 2 atom stereocenters. The predicted octanol–water partition coefficient (Wildman–Crippen LogP) is 2.14. The van der Waals surface area contributed by atoms with E-state index in [2.05, 4.69) is 25.1 Å². The molecule has 1 aromatic carbocycles. The quantitative estimate of drug-likeness (QED) is 0.431. The largest absolute Gasteiger partial charge is 0.381 e. The molecule has 5 rings (SSSR count). The molecule has 0 spiro atoms. The van der Waals surface area contributed by atoms with Gasteiger partial charge in [-0.3, -0.25) is 4.90 Å². The summed E-state index contributed by atoms with van der Waals surface area (Å²) in [6, 6.07) is 5.31. The van der Waals surface area contributed by atoms with Gasteiger partial charge >= 0.3 is 0 Å². The molecule has 176 valence electrons. The van der Waals surface area contributed by atoms with E-state index in [9.17, 15) is 18.3 Å². The predicted molar refractivity (Wildman–Crippen MR) is 113 cm³/mol. The monoisotopic (exact) mass is 470 g/mol. The molecule has 0 bridgehead atoms. The van der Waals surface area contributed by atoms with Crippen LogP contribution in [-0.4, -0.2) is 57.1 Å². The van der Waals surface area contributed by atoms with Crippen molar-refractivity contribution in [3.63, 3.8) is 0 Å². The van der Waals surface area contributed by atoms with Crippen LogP contribution in [0.1, 0.15) is 18.3 Å². The Morgan fingerprint density at radius 2 is 2.00 bits per heavy atom. The van der Waals surface area contributed by atoms with E-state index >= 15 is 0 Å². The van der Waals surface area contributed by atoms with E-state index in [4.69, 9.17) is 0 Å². The number of nitrogens with zero attached hydrogens (tertiary/aromatic N) is 8. The maximum atomic E-state index is 14.8. The minimum atomic E-state index is -1.75. The zero-order valence-electron chi connectivity index (χ0n) is 18.2. The summed E-state index contributed by atoms with van der Waals surface area (Å²) in [4.78, 5) is 14.1. The molecule has 3 aromatic heterocycles. The minimum Gasteiger partial charge on any atom is -0.381 e. The average Bonchev–Trinajstić information content (AvgIpc) is 3.48. The summed E-state index contributed by atoms with van der Waals surface area (Å²) in [7, 11) is 0. The lowest BCUT2D eigenvalue weighted by molar-refractivity contribution is -0.0714. The Balaban J connectivity index is 1.45. The lowest BCUT2D eigenvalue weighted by Crippen LogP contribution is -2.53. The van der Waals surface area contributed by atoms with Gasteiger partial charge in [0.25, 0.3) is 0 Å². The number of hydrogen-bond donors (Lipinski definition) is 1. The van der Waals surface area contributed by atoms with Crippen LogP contribution in [0.25, 0.3) is 11.4 Å². The molecule has 0 saturated carbocycles. The van der Waals surface area contributed by atoms with Crippen molar-refractivity contribution in [2.45, 2.75) is 38.2 Å². The Hall–Kier alpha value is -3.64. The second-order valence-corrected chi connectivity index (χ2v) is 8.23. The van der Waals surface area contributed by atoms with Gasteiger partial charge in [0.2, 0.25) is 5.95 Å². The van der Waals surface area contributed by atoms with E-state index in [1.54, 1.807) is 17.7 Å². The van der Waals surface area contributed by atoms with Gasteiger partial charge in [0.15, 0.2) is 5.82 Å². The van der Waals surface area contributed by atoms with Crippen molar-refractivity contribution in [3.8, 4) is 11.4 Å². The Kier molecular flexibility index (Phi) is 5.62. The fourth-order valence-electron chi connectivity index (χ4n) is 4.26. The summed E-state index contributed by atoms with van der Waals surface area (Å²) in [6.07, 6.45) is 4.11. The van der Waals surface area contributed by atoms with Gasteiger partial charge in [0.1, 0.15) is 35.7 Å². The first-order chi connectivity index (χ1) is 16.3. The third kappa shape index (κ3) is 4.05. The summed E-state index contributed by atoms with van der Waals surface area (Å²) in [6.45, 7) is 2.99. The highest BCUT2D eigenvalue weighted by atomic mass is 19.1. The lowest BCUT2D eigenvalue weighted by atomic mass is 9.85. The van der Waals surface area contributed by atoms with Crippen LogP contribution in [0.2, 0.25) is 0 Å². The zero-order chi connectivity index (χ0) is 23.9. The second kappa shape index (κ2) is 8.61. The number of aliphatic hydroxyl groups is 1. The zero-order valence-corrected chi connectivity index (χ0v) is 18.2. The standard InChI is InChI=1S/C22H21F3N8O/c1-14(22(34,11-32-13-26-12-28-32)17-4-3-16(23)8-18(17)24)31-6-7-33-20(10-31)29-21(30-33)15-2-5-19(25)27-9-15/h2-5,8-9,12-14,34H,6-7,10-11H2,1H3/t14?,22-/m1/s1. The van der Waals surface area contributed by atoms with Crippen molar-refractivity contribution in [1.29, 1.82) is 0 Å². The van der Waals surface area contributed by atoms with Crippen molar-refractivity contribution in [1.82, 2.24) is 39.4 Å². The summed E-state index contributed by atoms with van der Waals surface area (Å²) in [5.74, 6) is -1.11. The number of halogens is 3. The first kappa shape index (κ1) is 22.2. The van der Waals surface area contributed by atoms with Crippen LogP contribution in [0.15, 0.2) is 49.2 Å². The van der Waals surface area contributed by atoms with Crippen LogP contribution in [0, 0.1) is 17.6 Å². The Bertz CT molecular complexity index is 1290. The molecule has 0 aliphatic carbocycles. The average molecular weight is 470 g/mol. The minimum absolute atomic E-state index is 0.0398. The van der Waals surface area contributed by atoms with E-state index in [0.29, 0.717) is 36.8 Å². The molecule has 34 heavy (non-hydrogen) atoms. The van der Waals surface area contributed by atoms with Crippen LogP contribution in [0.5, 0.6) is 0 Å². The first-order valence-corrected chi connectivity index (χ1v) is 10.6. The molecule has 4 heterocycles. The van der Waals surface area contributed by atoms with Crippen molar-refractivity contribution in [2.75, 3.05) is 6.54 Å². The maximum Gasteiger partial charge on any atom is 0.212 e. The van der Waals surface area contributed by atoms with Crippen LogP contribution in [0.4, 0.5) is 13.2 Å². The summed E-state index contributed by atoms with van der Waals surface area (Å²) >= 11 is 0. The molecule has 1 aliphatic rings. The molecule has 9 nitrogen and oxygen atoms in total. The first-order valence-electron chi connectivity index (χ1n) is 10.6. The molecule has 0 amide bonds. The molecule has 0 saturated heterocycles. The molecule has 4 aromatic rings. The van der Waals surface area contributed by atoms with Gasteiger partial charge in [-0.2, -0.15) is 14.6 Å². The highest BCUT2D eigenvalue weighted by Crippen LogP contribution is 2.34. The van der Waals surface area contributed by atoms with Gasteiger partial charge in [-0.1, -0.05) is 6.07 Å². The number of aromatic nitrogens is 7. The number of benzene rings is 1. The van der Waals surface area contributed by atoms with Gasteiger partial charge in [-0.25, -0.2) is 33.1 Å². The van der Waals surface area contributed by atoms with Crippen molar-refractivity contribution in [2.24, 2.45) is 0 Å². The molecule has 12 heteroatoms. The van der Waals surface area contributed by atoms with Crippen LogP contribution in [-0.2, 0) is 25.2 Å². The normalized spacial score (nSPS) is 16.7. The van der Waals surface area contributed by atoms with Gasteiger partial charge < -0.3 is 5.11 Å². The molecular formula is C22H21F3N8O. The maximum absolute atomic E-state index is 14.8. The van der Waals surface area contributed by atoms with E-state index in [0.717, 1.165) is 12.1 Å². The SMILES string of the molecule is CC(N1CCn2nc(-c3ccc(F)nc3)nc2C1)[C@](O)(Cn1cncn1)c1ccc(F)cc1F. The molecule has 1 N–H and O–H groups in total. The number of rotatable bonds is 6. The fraction of sp³-hybridized carbons (Fsp3) is 0.318. The van der Waals surface area contributed by atoms with Crippen molar-refractivity contribution < 1.29 is 18.3 Å². The smallest absolute Gasteiger partial charge is 0.212 e. The molecule has 0 radical (unpaired) electrons. The van der Waals surface area contributed by atoms with Gasteiger partial charge in [0, 0.05) is 36.0 Å².